The summed E-state index contributed by atoms with van der Waals surface area (Å²) in [5, 5.41) is 6.05. The average Bonchev–Trinajstić information content (AvgIpc) is 3.10. The lowest BCUT2D eigenvalue weighted by molar-refractivity contribution is 0.102. The summed E-state index contributed by atoms with van der Waals surface area (Å²) in [4.78, 5) is 31.4. The highest BCUT2D eigenvalue weighted by molar-refractivity contribution is 7.14. The van der Waals surface area contributed by atoms with Crippen LogP contribution < -0.4 is 10.9 Å². The smallest absolute Gasteiger partial charge is 0.273 e. The van der Waals surface area contributed by atoms with Crippen LogP contribution in [0.3, 0.4) is 0 Å². The Hall–Kier alpha value is -3.32. The van der Waals surface area contributed by atoms with Crippen LogP contribution >= 0.6 is 11.3 Å². The van der Waals surface area contributed by atoms with Crippen LogP contribution in [-0.4, -0.2) is 15.9 Å². The molecule has 0 fully saturated rings. The normalized spacial score (nSPS) is 10.8. The van der Waals surface area contributed by atoms with Crippen LogP contribution in [-0.2, 0) is 0 Å². The molecule has 2 heterocycles. The number of fused-ring (bicyclic) bond motifs is 1. The Kier molecular flexibility index (Phi) is 4.06. The number of hydrogen-bond donors (Lipinski definition) is 2. The number of hydrogen-bond acceptors (Lipinski definition) is 4. The van der Waals surface area contributed by atoms with Crippen molar-refractivity contribution in [2.75, 3.05) is 5.32 Å². The van der Waals surface area contributed by atoms with E-state index in [0.717, 1.165) is 5.56 Å². The number of aromatic nitrogens is 2. The molecule has 4 rings (SSSR count). The summed E-state index contributed by atoms with van der Waals surface area (Å²) in [7, 11) is 0. The Balaban J connectivity index is 1.59. The minimum absolute atomic E-state index is 0.159. The Morgan fingerprint density at radius 1 is 1.12 bits per heavy atom. The van der Waals surface area contributed by atoms with Crippen LogP contribution in [0.4, 0.5) is 9.52 Å². The monoisotopic (exact) mass is 365 g/mol. The molecule has 128 valence electrons. The first-order valence-corrected chi connectivity index (χ1v) is 8.63. The van der Waals surface area contributed by atoms with E-state index in [-0.39, 0.29) is 17.1 Å². The lowest BCUT2D eigenvalue weighted by Crippen LogP contribution is -2.18. The number of anilines is 1. The van der Waals surface area contributed by atoms with Crippen LogP contribution in [0.15, 0.2) is 64.8 Å². The molecule has 2 aromatic carbocycles. The molecule has 2 N–H and O–H groups in total. The second kappa shape index (κ2) is 6.53. The molecule has 0 aliphatic heterocycles. The molecular formula is C19H12FN3O2S. The van der Waals surface area contributed by atoms with E-state index in [1.54, 1.807) is 47.8 Å². The third-order valence-corrected chi connectivity index (χ3v) is 4.62. The maximum absolute atomic E-state index is 13.0. The predicted octanol–water partition coefficient (Wildman–Crippen LogP) is 4.04. The summed E-state index contributed by atoms with van der Waals surface area (Å²) < 4.78 is 13.0. The average molecular weight is 365 g/mol. The quantitative estimate of drug-likeness (QED) is 0.575. The first kappa shape index (κ1) is 16.2. The topological polar surface area (TPSA) is 74.8 Å². The van der Waals surface area contributed by atoms with Gasteiger partial charge in [-0.25, -0.2) is 9.37 Å². The number of H-pyrrole nitrogens is 1. The van der Waals surface area contributed by atoms with Gasteiger partial charge in [-0.05, 0) is 41.8 Å². The summed E-state index contributed by atoms with van der Waals surface area (Å²) in [6.07, 6.45) is 0. The number of carbonyl (C=O) groups excluding carboxylic acids is 1. The number of aromatic amines is 1. The molecule has 0 saturated carbocycles. The molecule has 0 unspecified atom stereocenters. The zero-order valence-corrected chi connectivity index (χ0v) is 14.1. The summed E-state index contributed by atoms with van der Waals surface area (Å²) in [6.45, 7) is 0. The van der Waals surface area contributed by atoms with E-state index >= 15 is 0 Å². The van der Waals surface area contributed by atoms with Gasteiger partial charge < -0.3 is 4.98 Å². The van der Waals surface area contributed by atoms with E-state index in [4.69, 9.17) is 0 Å². The molecule has 5 nitrogen and oxygen atoms in total. The third-order valence-electron chi connectivity index (χ3n) is 3.86. The molecule has 2 aromatic heterocycles. The maximum atomic E-state index is 13.0. The summed E-state index contributed by atoms with van der Waals surface area (Å²) in [5.41, 5.74) is 1.23. The highest BCUT2D eigenvalue weighted by Crippen LogP contribution is 2.25. The number of pyridine rings is 1. The maximum Gasteiger partial charge on any atom is 0.273 e. The fraction of sp³-hybridized carbons (Fsp3) is 0. The number of nitrogens with zero attached hydrogens (tertiary/aromatic N) is 1. The lowest BCUT2D eigenvalue weighted by Gasteiger charge is -2.03. The summed E-state index contributed by atoms with van der Waals surface area (Å²) in [5.74, 6) is -0.773. The largest absolute Gasteiger partial charge is 0.317 e. The van der Waals surface area contributed by atoms with E-state index in [0.29, 0.717) is 21.6 Å². The Morgan fingerprint density at radius 2 is 1.88 bits per heavy atom. The third kappa shape index (κ3) is 3.12. The zero-order valence-electron chi connectivity index (χ0n) is 13.3. The number of amides is 1. The van der Waals surface area contributed by atoms with Gasteiger partial charge >= 0.3 is 0 Å². The van der Waals surface area contributed by atoms with E-state index in [2.05, 4.69) is 15.3 Å². The van der Waals surface area contributed by atoms with E-state index in [1.807, 2.05) is 0 Å². The van der Waals surface area contributed by atoms with Crippen molar-refractivity contribution in [2.45, 2.75) is 0 Å². The van der Waals surface area contributed by atoms with Gasteiger partial charge in [0.25, 0.3) is 11.5 Å². The Bertz CT molecular complexity index is 1170. The first-order valence-electron chi connectivity index (χ1n) is 7.75. The van der Waals surface area contributed by atoms with Gasteiger partial charge in [0.05, 0.1) is 5.69 Å². The zero-order chi connectivity index (χ0) is 18.1. The highest BCUT2D eigenvalue weighted by Gasteiger charge is 2.12. The fourth-order valence-electron chi connectivity index (χ4n) is 2.58. The molecular weight excluding hydrogens is 353 g/mol. The van der Waals surface area contributed by atoms with Crippen molar-refractivity contribution in [2.24, 2.45) is 0 Å². The molecule has 0 aliphatic rings. The van der Waals surface area contributed by atoms with E-state index in [9.17, 15) is 14.0 Å². The predicted molar refractivity (Wildman–Crippen MR) is 100 cm³/mol. The molecule has 0 aliphatic carbocycles. The molecule has 0 atom stereocenters. The van der Waals surface area contributed by atoms with Gasteiger partial charge in [0.15, 0.2) is 5.13 Å². The van der Waals surface area contributed by atoms with Crippen molar-refractivity contribution in [3.63, 3.8) is 0 Å². The van der Waals surface area contributed by atoms with Crippen LogP contribution in [0.25, 0.3) is 22.0 Å². The van der Waals surface area contributed by atoms with Crippen molar-refractivity contribution >= 4 is 33.1 Å². The Labute approximate surface area is 151 Å². The number of rotatable bonds is 3. The summed E-state index contributed by atoms with van der Waals surface area (Å²) in [6, 6.07) is 14.6. The molecule has 0 bridgehead atoms. The van der Waals surface area contributed by atoms with Gasteiger partial charge in [-0.1, -0.05) is 18.2 Å². The number of nitrogens with one attached hydrogen (secondary N) is 2. The van der Waals surface area contributed by atoms with Gasteiger partial charge in [-0.2, -0.15) is 0 Å². The van der Waals surface area contributed by atoms with Crippen molar-refractivity contribution in [1.29, 1.82) is 0 Å². The standard InChI is InChI=1S/C19H12FN3O2S/c20-13-7-5-11(6-8-13)16-10-26-19(22-16)23-18(25)15-9-12-3-1-2-4-14(12)17(24)21-15/h1-10H,(H,21,24)(H,22,23,25). The highest BCUT2D eigenvalue weighted by atomic mass is 32.1. The van der Waals surface area contributed by atoms with Gasteiger partial charge in [0.2, 0.25) is 0 Å². The minimum Gasteiger partial charge on any atom is -0.317 e. The van der Waals surface area contributed by atoms with Crippen LogP contribution in [0, 0.1) is 5.82 Å². The number of carbonyl (C=O) groups is 1. The Morgan fingerprint density at radius 3 is 2.69 bits per heavy atom. The summed E-state index contributed by atoms with van der Waals surface area (Å²) >= 11 is 1.25. The van der Waals surface area contributed by atoms with Gasteiger partial charge in [-0.3, -0.25) is 14.9 Å². The van der Waals surface area contributed by atoms with Crippen LogP contribution in [0.1, 0.15) is 10.5 Å². The van der Waals surface area contributed by atoms with Gasteiger partial charge in [-0.15, -0.1) is 11.3 Å². The van der Waals surface area contributed by atoms with E-state index < -0.39 is 5.91 Å². The fourth-order valence-corrected chi connectivity index (χ4v) is 3.30. The van der Waals surface area contributed by atoms with Gasteiger partial charge in [0, 0.05) is 16.3 Å². The van der Waals surface area contributed by atoms with E-state index in [1.165, 1.54) is 23.5 Å². The first-order chi connectivity index (χ1) is 12.6. The van der Waals surface area contributed by atoms with Crippen molar-refractivity contribution in [1.82, 2.24) is 9.97 Å². The lowest BCUT2D eigenvalue weighted by atomic mass is 10.1. The number of thiazole rings is 1. The molecule has 4 aromatic rings. The van der Waals surface area contributed by atoms with Gasteiger partial charge in [0.1, 0.15) is 11.5 Å². The number of benzene rings is 2. The molecule has 0 saturated heterocycles. The molecule has 1 amide bonds. The molecule has 26 heavy (non-hydrogen) atoms. The molecule has 0 radical (unpaired) electrons. The van der Waals surface area contributed by atoms with Crippen molar-refractivity contribution < 1.29 is 9.18 Å². The van der Waals surface area contributed by atoms with Crippen molar-refractivity contribution in [3.05, 3.63) is 81.8 Å². The second-order valence-corrected chi connectivity index (χ2v) is 6.46. The minimum atomic E-state index is -0.451. The molecule has 7 heteroatoms. The van der Waals surface area contributed by atoms with Crippen LogP contribution in [0.2, 0.25) is 0 Å². The van der Waals surface area contributed by atoms with Crippen molar-refractivity contribution in [3.8, 4) is 11.3 Å². The second-order valence-electron chi connectivity index (χ2n) is 5.60. The number of halogens is 1. The molecule has 0 spiro atoms. The van der Waals surface area contributed by atoms with Crippen LogP contribution in [0.5, 0.6) is 0 Å². The SMILES string of the molecule is O=C(Nc1nc(-c2ccc(F)cc2)cs1)c1cc2ccccc2c(=O)[nH]1.